The third-order valence-electron chi connectivity index (χ3n) is 4.66. The second-order valence-electron chi connectivity index (χ2n) is 6.79. The Balaban J connectivity index is 1.64. The summed E-state index contributed by atoms with van der Waals surface area (Å²) in [5, 5.41) is 11.1. The van der Waals surface area contributed by atoms with Crippen LogP contribution < -0.4 is 14.4 Å². The number of hydrogen-bond donors (Lipinski definition) is 0. The van der Waals surface area contributed by atoms with Gasteiger partial charge in [-0.15, -0.1) is 0 Å². The molecule has 1 heterocycles. The average molecular weight is 384 g/mol. The number of fused-ring (bicyclic) bond motifs is 1. The minimum absolute atomic E-state index is 0.0575. The van der Waals surface area contributed by atoms with Crippen molar-refractivity contribution in [2.24, 2.45) is 0 Å². The van der Waals surface area contributed by atoms with E-state index in [0.29, 0.717) is 31.0 Å². The molecular formula is C21H24N2O5. The molecule has 148 valence electrons. The van der Waals surface area contributed by atoms with Gasteiger partial charge in [-0.1, -0.05) is 19.1 Å². The van der Waals surface area contributed by atoms with Crippen LogP contribution in [0.4, 0.5) is 11.4 Å². The van der Waals surface area contributed by atoms with Gasteiger partial charge in [0.15, 0.2) is 6.10 Å². The first-order valence-corrected chi connectivity index (χ1v) is 9.45. The lowest BCUT2D eigenvalue weighted by Crippen LogP contribution is -2.46. The molecule has 1 atom stereocenters. The maximum absolute atomic E-state index is 12.7. The van der Waals surface area contributed by atoms with E-state index >= 15 is 0 Å². The van der Waals surface area contributed by atoms with Gasteiger partial charge in [0.05, 0.1) is 17.2 Å². The molecule has 2 aromatic carbocycles. The van der Waals surface area contributed by atoms with Crippen molar-refractivity contribution in [1.82, 2.24) is 0 Å². The van der Waals surface area contributed by atoms with Crippen molar-refractivity contribution in [2.45, 2.75) is 39.2 Å². The maximum Gasteiger partial charge on any atom is 0.271 e. The molecule has 0 saturated heterocycles. The van der Waals surface area contributed by atoms with Gasteiger partial charge in [-0.2, -0.15) is 0 Å². The van der Waals surface area contributed by atoms with Crippen molar-refractivity contribution >= 4 is 17.3 Å². The predicted octanol–water partition coefficient (Wildman–Crippen LogP) is 4.27. The summed E-state index contributed by atoms with van der Waals surface area (Å²) in [6, 6.07) is 12.2. The number of hydrogen-bond acceptors (Lipinski definition) is 5. The third-order valence-corrected chi connectivity index (χ3v) is 4.66. The van der Waals surface area contributed by atoms with Crippen molar-refractivity contribution in [2.75, 3.05) is 18.1 Å². The van der Waals surface area contributed by atoms with Crippen LogP contribution in [0.1, 0.15) is 31.7 Å². The molecule has 0 spiro atoms. The Bertz CT molecular complexity index is 868. The molecule has 7 heteroatoms. The Hall–Kier alpha value is -3.09. The quantitative estimate of drug-likeness (QED) is 0.386. The van der Waals surface area contributed by atoms with Crippen LogP contribution in [0.15, 0.2) is 42.5 Å². The second-order valence-corrected chi connectivity index (χ2v) is 6.79. The molecule has 28 heavy (non-hydrogen) atoms. The largest absolute Gasteiger partial charge is 0.494 e. The van der Waals surface area contributed by atoms with E-state index in [0.717, 1.165) is 24.2 Å². The third kappa shape index (κ3) is 4.42. The van der Waals surface area contributed by atoms with Crippen LogP contribution >= 0.6 is 0 Å². The number of carbonyl (C=O) groups is 1. The molecule has 0 fully saturated rings. The lowest BCUT2D eigenvalue weighted by Gasteiger charge is -2.34. The number of non-ortho nitro benzene ring substituents is 1. The van der Waals surface area contributed by atoms with E-state index in [1.54, 1.807) is 11.0 Å². The molecule has 1 unspecified atom stereocenters. The van der Waals surface area contributed by atoms with Crippen LogP contribution in [-0.4, -0.2) is 30.1 Å². The number of aryl methyl sites for hydroxylation is 1. The Kier molecular flexibility index (Phi) is 6.13. The topological polar surface area (TPSA) is 81.9 Å². The number of rotatable bonds is 8. The summed E-state index contributed by atoms with van der Waals surface area (Å²) < 4.78 is 11.5. The van der Waals surface area contributed by atoms with Gasteiger partial charge in [-0.25, -0.2) is 0 Å². The molecule has 7 nitrogen and oxygen atoms in total. The van der Waals surface area contributed by atoms with Crippen molar-refractivity contribution in [3.63, 3.8) is 0 Å². The van der Waals surface area contributed by atoms with Crippen LogP contribution in [0.5, 0.6) is 11.5 Å². The SMILES string of the molecule is CCC1Oc2ccc([N+](=O)[O-])cc2N(CCCCOc2cccc(C)c2)C1=O. The van der Waals surface area contributed by atoms with E-state index in [-0.39, 0.29) is 11.6 Å². The van der Waals surface area contributed by atoms with Crippen LogP contribution in [0, 0.1) is 17.0 Å². The summed E-state index contributed by atoms with van der Waals surface area (Å²) in [6.45, 7) is 4.90. The zero-order valence-electron chi connectivity index (χ0n) is 16.1. The molecule has 0 aliphatic carbocycles. The fourth-order valence-corrected chi connectivity index (χ4v) is 3.18. The van der Waals surface area contributed by atoms with Crippen molar-refractivity contribution in [3.05, 3.63) is 58.1 Å². The van der Waals surface area contributed by atoms with Gasteiger partial charge >= 0.3 is 0 Å². The summed E-state index contributed by atoms with van der Waals surface area (Å²) in [5.74, 6) is 1.18. The highest BCUT2D eigenvalue weighted by Crippen LogP contribution is 2.37. The van der Waals surface area contributed by atoms with E-state index in [9.17, 15) is 14.9 Å². The van der Waals surface area contributed by atoms with Crippen molar-refractivity contribution < 1.29 is 19.2 Å². The number of carbonyl (C=O) groups excluding carboxylic acids is 1. The predicted molar refractivity (Wildman–Crippen MR) is 106 cm³/mol. The highest BCUT2D eigenvalue weighted by atomic mass is 16.6. The van der Waals surface area contributed by atoms with Crippen molar-refractivity contribution in [3.8, 4) is 11.5 Å². The number of benzene rings is 2. The van der Waals surface area contributed by atoms with E-state index < -0.39 is 11.0 Å². The minimum atomic E-state index is -0.558. The number of anilines is 1. The Morgan fingerprint density at radius 3 is 2.75 bits per heavy atom. The van der Waals surface area contributed by atoms with Crippen LogP contribution in [-0.2, 0) is 4.79 Å². The molecule has 0 bridgehead atoms. The summed E-state index contributed by atoms with van der Waals surface area (Å²) >= 11 is 0. The van der Waals surface area contributed by atoms with Gasteiger partial charge in [0.2, 0.25) is 0 Å². The van der Waals surface area contributed by atoms with Crippen LogP contribution in [0.3, 0.4) is 0 Å². The molecule has 0 saturated carbocycles. The van der Waals surface area contributed by atoms with Gasteiger partial charge in [-0.05, 0) is 49.9 Å². The van der Waals surface area contributed by atoms with E-state index in [1.807, 2.05) is 38.1 Å². The molecule has 0 aromatic heterocycles. The first kappa shape index (κ1) is 19.7. The zero-order valence-corrected chi connectivity index (χ0v) is 16.1. The number of nitro groups is 1. The number of unbranched alkanes of at least 4 members (excludes halogenated alkanes) is 1. The molecule has 1 amide bonds. The number of nitrogens with zero attached hydrogens (tertiary/aromatic N) is 2. The Morgan fingerprint density at radius 1 is 1.21 bits per heavy atom. The molecule has 2 aromatic rings. The number of ether oxygens (including phenoxy) is 2. The normalized spacial score (nSPS) is 15.7. The summed E-state index contributed by atoms with van der Waals surface area (Å²) in [4.78, 5) is 25.0. The van der Waals surface area contributed by atoms with Gasteiger partial charge < -0.3 is 14.4 Å². The molecule has 1 aliphatic heterocycles. The van der Waals surface area contributed by atoms with Crippen molar-refractivity contribution in [1.29, 1.82) is 0 Å². The summed E-state index contributed by atoms with van der Waals surface area (Å²) in [7, 11) is 0. The molecular weight excluding hydrogens is 360 g/mol. The zero-order chi connectivity index (χ0) is 20.1. The van der Waals surface area contributed by atoms with E-state index in [1.165, 1.54) is 12.1 Å². The highest BCUT2D eigenvalue weighted by Gasteiger charge is 2.34. The van der Waals surface area contributed by atoms with Gasteiger partial charge in [0.25, 0.3) is 11.6 Å². The summed E-state index contributed by atoms with van der Waals surface area (Å²) in [6.07, 6.45) is 1.47. The molecule has 0 N–H and O–H groups in total. The Labute approximate surface area is 164 Å². The van der Waals surface area contributed by atoms with Gasteiger partial charge in [0.1, 0.15) is 11.5 Å². The monoisotopic (exact) mass is 384 g/mol. The van der Waals surface area contributed by atoms with Gasteiger partial charge in [-0.3, -0.25) is 14.9 Å². The number of nitro benzene ring substituents is 1. The maximum atomic E-state index is 12.7. The molecule has 3 rings (SSSR count). The lowest BCUT2D eigenvalue weighted by molar-refractivity contribution is -0.384. The second kappa shape index (κ2) is 8.73. The average Bonchev–Trinajstić information content (AvgIpc) is 2.68. The smallest absolute Gasteiger partial charge is 0.271 e. The minimum Gasteiger partial charge on any atom is -0.494 e. The van der Waals surface area contributed by atoms with Gasteiger partial charge in [0, 0.05) is 18.7 Å². The first-order valence-electron chi connectivity index (χ1n) is 9.45. The molecule has 1 aliphatic rings. The highest BCUT2D eigenvalue weighted by molar-refractivity contribution is 6.00. The summed E-state index contributed by atoms with van der Waals surface area (Å²) in [5.41, 5.74) is 1.54. The van der Waals surface area contributed by atoms with E-state index in [4.69, 9.17) is 9.47 Å². The number of amides is 1. The Morgan fingerprint density at radius 2 is 2.04 bits per heavy atom. The fourth-order valence-electron chi connectivity index (χ4n) is 3.18. The standard InChI is InChI=1S/C21H24N2O5/c1-3-19-21(24)22(18-14-16(23(25)26)9-10-20(18)28-19)11-4-5-12-27-17-8-6-7-15(2)13-17/h6-10,13-14,19H,3-5,11-12H2,1-2H3. The van der Waals surface area contributed by atoms with E-state index in [2.05, 4.69) is 0 Å². The lowest BCUT2D eigenvalue weighted by atomic mass is 10.1. The molecule has 0 radical (unpaired) electrons. The fraction of sp³-hybridized carbons (Fsp3) is 0.381. The van der Waals surface area contributed by atoms with Crippen LogP contribution in [0.25, 0.3) is 0 Å². The van der Waals surface area contributed by atoms with Crippen LogP contribution in [0.2, 0.25) is 0 Å². The first-order chi connectivity index (χ1) is 13.5.